The summed E-state index contributed by atoms with van der Waals surface area (Å²) in [6.07, 6.45) is 1.28. The predicted molar refractivity (Wildman–Crippen MR) is 77.8 cm³/mol. The number of rotatable bonds is 4. The molecule has 116 valence electrons. The van der Waals surface area contributed by atoms with Crippen LogP contribution in [0.4, 0.5) is 4.39 Å². The number of hydrogen-bond donors (Lipinski definition) is 2. The van der Waals surface area contributed by atoms with Crippen LogP contribution in [0.15, 0.2) is 41.1 Å². The Labute approximate surface area is 129 Å². The van der Waals surface area contributed by atoms with E-state index in [2.05, 4.69) is 10.1 Å². The summed E-state index contributed by atoms with van der Waals surface area (Å²) in [6.45, 7) is 1.54. The van der Waals surface area contributed by atoms with E-state index in [9.17, 15) is 14.0 Å². The van der Waals surface area contributed by atoms with Gasteiger partial charge in [0.15, 0.2) is 5.78 Å². The number of aromatic amines is 1. The molecule has 2 heterocycles. The summed E-state index contributed by atoms with van der Waals surface area (Å²) in [6, 6.07) is 7.10. The number of ketones is 1. The van der Waals surface area contributed by atoms with E-state index in [-0.39, 0.29) is 33.8 Å². The second kappa shape index (κ2) is 5.53. The summed E-state index contributed by atoms with van der Waals surface area (Å²) in [5.74, 6) is -1.98. The fourth-order valence-electron chi connectivity index (χ4n) is 2.27. The van der Waals surface area contributed by atoms with Gasteiger partial charge in [0, 0.05) is 17.3 Å². The minimum atomic E-state index is -1.18. The lowest BCUT2D eigenvalue weighted by Gasteiger charge is -2.02. The molecule has 0 unspecified atom stereocenters. The molecule has 0 aliphatic carbocycles. The number of carboxylic acids is 1. The third-order valence-electron chi connectivity index (χ3n) is 3.39. The number of H-pyrrole nitrogens is 1. The number of nitrogens with one attached hydrogen (secondary N) is 1. The molecule has 0 fully saturated rings. The first kappa shape index (κ1) is 14.7. The van der Waals surface area contributed by atoms with Gasteiger partial charge in [0.25, 0.3) is 0 Å². The molecule has 6 nitrogen and oxygen atoms in total. The van der Waals surface area contributed by atoms with Crippen LogP contribution < -0.4 is 0 Å². The van der Waals surface area contributed by atoms with Crippen LogP contribution in [0, 0.1) is 12.7 Å². The lowest BCUT2D eigenvalue weighted by molar-refractivity contribution is 0.0691. The first-order valence-electron chi connectivity index (χ1n) is 6.66. The van der Waals surface area contributed by atoms with Crippen LogP contribution in [0.2, 0.25) is 0 Å². The molecule has 2 N–H and O–H groups in total. The highest BCUT2D eigenvalue weighted by molar-refractivity contribution is 6.13. The molecular weight excluding hydrogens is 303 g/mol. The van der Waals surface area contributed by atoms with Crippen molar-refractivity contribution in [3.63, 3.8) is 0 Å². The maximum Gasteiger partial charge on any atom is 0.352 e. The summed E-state index contributed by atoms with van der Waals surface area (Å²) in [7, 11) is 0. The van der Waals surface area contributed by atoms with E-state index >= 15 is 0 Å². The Bertz CT molecular complexity index is 910. The maximum absolute atomic E-state index is 14.0. The van der Waals surface area contributed by atoms with Crippen molar-refractivity contribution in [2.45, 2.75) is 6.92 Å². The first-order chi connectivity index (χ1) is 11.0. The zero-order valence-corrected chi connectivity index (χ0v) is 12.0. The number of carbonyl (C=O) groups excluding carboxylic acids is 1. The Morgan fingerprint density at radius 2 is 2.04 bits per heavy atom. The number of aromatic carboxylic acids is 1. The van der Waals surface area contributed by atoms with E-state index in [1.807, 2.05) is 0 Å². The van der Waals surface area contributed by atoms with Crippen molar-refractivity contribution in [1.82, 2.24) is 10.1 Å². The Morgan fingerprint density at radius 3 is 2.70 bits per heavy atom. The van der Waals surface area contributed by atoms with E-state index < -0.39 is 17.6 Å². The van der Waals surface area contributed by atoms with Crippen molar-refractivity contribution in [3.8, 4) is 11.3 Å². The third kappa shape index (κ3) is 2.52. The third-order valence-corrected chi connectivity index (χ3v) is 3.39. The summed E-state index contributed by atoms with van der Waals surface area (Å²) >= 11 is 0. The van der Waals surface area contributed by atoms with E-state index in [4.69, 9.17) is 9.63 Å². The van der Waals surface area contributed by atoms with Gasteiger partial charge in [0.2, 0.25) is 0 Å². The molecule has 0 bridgehead atoms. The zero-order chi connectivity index (χ0) is 16.6. The second-order valence-corrected chi connectivity index (χ2v) is 4.88. The fourth-order valence-corrected chi connectivity index (χ4v) is 2.27. The number of benzene rings is 1. The van der Waals surface area contributed by atoms with Crippen LogP contribution >= 0.6 is 0 Å². The quantitative estimate of drug-likeness (QED) is 0.721. The molecule has 0 atom stereocenters. The molecule has 0 radical (unpaired) electrons. The minimum absolute atomic E-state index is 0.0867. The van der Waals surface area contributed by atoms with Gasteiger partial charge < -0.3 is 14.6 Å². The molecule has 0 spiro atoms. The Balaban J connectivity index is 2.09. The SMILES string of the molecule is Cc1onc(-c2ccccc2F)c1C(=O)c1c[nH]c(C(=O)O)c1. The first-order valence-corrected chi connectivity index (χ1v) is 6.66. The lowest BCUT2D eigenvalue weighted by atomic mass is 9.99. The number of aryl methyl sites for hydroxylation is 1. The van der Waals surface area contributed by atoms with Crippen molar-refractivity contribution in [2.75, 3.05) is 0 Å². The number of nitrogens with zero attached hydrogens (tertiary/aromatic N) is 1. The topological polar surface area (TPSA) is 96.2 Å². The van der Waals surface area contributed by atoms with Crippen LogP contribution in [0.5, 0.6) is 0 Å². The van der Waals surface area contributed by atoms with E-state index in [0.29, 0.717) is 0 Å². The van der Waals surface area contributed by atoms with Gasteiger partial charge in [-0.3, -0.25) is 4.79 Å². The molecule has 0 aliphatic rings. The highest BCUT2D eigenvalue weighted by Crippen LogP contribution is 2.29. The van der Waals surface area contributed by atoms with Gasteiger partial charge in [-0.15, -0.1) is 0 Å². The van der Waals surface area contributed by atoms with Gasteiger partial charge in [-0.25, -0.2) is 9.18 Å². The van der Waals surface area contributed by atoms with Gasteiger partial charge in [-0.05, 0) is 25.1 Å². The van der Waals surface area contributed by atoms with Crippen LogP contribution in [0.1, 0.15) is 32.2 Å². The predicted octanol–water partition coefficient (Wildman–Crippen LogP) is 3.05. The van der Waals surface area contributed by atoms with Crippen molar-refractivity contribution in [1.29, 1.82) is 0 Å². The van der Waals surface area contributed by atoms with Crippen LogP contribution in [0.3, 0.4) is 0 Å². The van der Waals surface area contributed by atoms with E-state index in [0.717, 1.165) is 0 Å². The molecule has 1 aromatic carbocycles. The maximum atomic E-state index is 14.0. The van der Waals surface area contributed by atoms with Crippen LogP contribution in [-0.4, -0.2) is 27.0 Å². The van der Waals surface area contributed by atoms with Gasteiger partial charge in [0.1, 0.15) is 23.0 Å². The molecule has 7 heteroatoms. The largest absolute Gasteiger partial charge is 0.477 e. The summed E-state index contributed by atoms with van der Waals surface area (Å²) in [5, 5.41) is 12.7. The average molecular weight is 314 g/mol. The molecule has 3 aromatic rings. The van der Waals surface area contributed by atoms with Gasteiger partial charge >= 0.3 is 5.97 Å². The van der Waals surface area contributed by atoms with Crippen molar-refractivity contribution in [2.24, 2.45) is 0 Å². The highest BCUT2D eigenvalue weighted by Gasteiger charge is 2.25. The summed E-state index contributed by atoms with van der Waals surface area (Å²) < 4.78 is 19.0. The van der Waals surface area contributed by atoms with E-state index in [1.165, 1.54) is 37.4 Å². The molecule has 0 saturated heterocycles. The number of halogens is 1. The molecule has 3 rings (SSSR count). The smallest absolute Gasteiger partial charge is 0.352 e. The molecule has 2 aromatic heterocycles. The molecule has 23 heavy (non-hydrogen) atoms. The van der Waals surface area contributed by atoms with Gasteiger partial charge in [0.05, 0.1) is 5.56 Å². The zero-order valence-electron chi connectivity index (χ0n) is 12.0. The standard InChI is InChI=1S/C16H11FN2O4/c1-8-13(15(20)9-6-12(16(21)22)18-7-9)14(19-23-8)10-4-2-3-5-11(10)17/h2-7,18H,1H3,(H,21,22). The molecular formula is C16H11FN2O4. The fraction of sp³-hybridized carbons (Fsp3) is 0.0625. The Kier molecular flexibility index (Phi) is 3.53. The van der Waals surface area contributed by atoms with Gasteiger partial charge in [-0.2, -0.15) is 0 Å². The van der Waals surface area contributed by atoms with Crippen molar-refractivity contribution >= 4 is 11.8 Å². The normalized spacial score (nSPS) is 10.7. The van der Waals surface area contributed by atoms with Crippen molar-refractivity contribution in [3.05, 3.63) is 64.9 Å². The Hall–Kier alpha value is -3.22. The number of carboxylic acid groups (broad SMARTS) is 1. The van der Waals surface area contributed by atoms with E-state index in [1.54, 1.807) is 6.07 Å². The number of aromatic nitrogens is 2. The number of hydrogen-bond acceptors (Lipinski definition) is 4. The average Bonchev–Trinajstić information content (AvgIpc) is 3.14. The number of carbonyl (C=O) groups is 2. The molecule has 0 saturated carbocycles. The lowest BCUT2D eigenvalue weighted by Crippen LogP contribution is -2.03. The second-order valence-electron chi connectivity index (χ2n) is 4.88. The van der Waals surface area contributed by atoms with Crippen LogP contribution in [-0.2, 0) is 0 Å². The molecule has 0 amide bonds. The summed E-state index contributed by atoms with van der Waals surface area (Å²) in [5.41, 5.74) is 0.345. The molecule has 0 aliphatic heterocycles. The van der Waals surface area contributed by atoms with Crippen molar-refractivity contribution < 1.29 is 23.6 Å². The minimum Gasteiger partial charge on any atom is -0.477 e. The van der Waals surface area contributed by atoms with Gasteiger partial charge in [-0.1, -0.05) is 17.3 Å². The summed E-state index contributed by atoms with van der Waals surface area (Å²) in [4.78, 5) is 26.0. The van der Waals surface area contributed by atoms with Crippen LogP contribution in [0.25, 0.3) is 11.3 Å². The highest BCUT2D eigenvalue weighted by atomic mass is 19.1. The Morgan fingerprint density at radius 1 is 1.30 bits per heavy atom. The monoisotopic (exact) mass is 314 g/mol.